The first kappa shape index (κ1) is 64.5. The molecule has 0 aliphatic carbocycles. The molecule has 0 saturated carbocycles. The minimum atomic E-state index is -1.18. The van der Waals surface area contributed by atoms with Crippen LogP contribution in [0.15, 0.2) is 0 Å². The van der Waals surface area contributed by atoms with Gasteiger partial charge in [0.05, 0.1) is 59.1 Å². The fourth-order valence-corrected chi connectivity index (χ4v) is 14.6. The van der Waals surface area contributed by atoms with Crippen molar-refractivity contribution < 1.29 is 41.8 Å². The minimum absolute atomic E-state index is 0.0698. The van der Waals surface area contributed by atoms with Crippen LogP contribution in [0.5, 0.6) is 0 Å². The number of thioether (sulfide) groups is 2. The van der Waals surface area contributed by atoms with Crippen LogP contribution < -0.4 is 0 Å². The number of hydrogen-bond acceptors (Lipinski definition) is 13. The third-order valence-corrected chi connectivity index (χ3v) is 19.9. The number of quaternary nitrogens is 2. The van der Waals surface area contributed by atoms with Crippen molar-refractivity contribution in [1.82, 2.24) is 18.7 Å². The first-order chi connectivity index (χ1) is 30.1. The summed E-state index contributed by atoms with van der Waals surface area (Å²) < 4.78 is 43.1. The van der Waals surface area contributed by atoms with E-state index in [1.54, 1.807) is 0 Å². The van der Waals surface area contributed by atoms with Gasteiger partial charge in [-0.15, -0.1) is 0 Å². The van der Waals surface area contributed by atoms with Crippen molar-refractivity contribution in [2.45, 2.75) is 200 Å². The van der Waals surface area contributed by atoms with E-state index in [0.717, 1.165) is 61.1 Å². The largest absolute Gasteiger partial charge is 0.378 e. The Hall–Kier alpha value is 0.460. The molecule has 0 fully saturated rings. The molecule has 0 aromatic rings. The molecule has 0 aliphatic heterocycles. The van der Waals surface area contributed by atoms with E-state index < -0.39 is 16.9 Å². The van der Waals surface area contributed by atoms with Crippen LogP contribution in [-0.4, -0.2) is 184 Å². The van der Waals surface area contributed by atoms with Gasteiger partial charge in [0.1, 0.15) is 19.0 Å². The molecule has 64 heavy (non-hydrogen) atoms. The Morgan fingerprint density at radius 3 is 1.20 bits per heavy atom. The monoisotopic (exact) mass is 989 g/mol. The van der Waals surface area contributed by atoms with E-state index in [1.807, 2.05) is 0 Å². The van der Waals surface area contributed by atoms with Gasteiger partial charge in [0.25, 0.3) is 0 Å². The SMILES string of the molecule is CC[N+](CC)(CC)CC(=O)SCCOCCOP(N(C(C)C)C(C)C)N(C(C)C)C(C)CCC(C)N(C(C)C)P(OCOCOCSC(=O)C[N+](CC)(CC)CC)N(C(C)C)C(C)C. The summed E-state index contributed by atoms with van der Waals surface area (Å²) in [5, 5.41) is 0.404. The second-order valence-corrected chi connectivity index (χ2v) is 24.3. The average molecular weight is 989 g/mol. The Morgan fingerprint density at radius 1 is 0.453 bits per heavy atom. The highest BCUT2D eigenvalue weighted by Gasteiger charge is 2.39. The zero-order chi connectivity index (χ0) is 49.2. The van der Waals surface area contributed by atoms with Crippen LogP contribution in [0.4, 0.5) is 0 Å². The van der Waals surface area contributed by atoms with E-state index in [1.165, 1.54) is 23.5 Å². The van der Waals surface area contributed by atoms with Gasteiger partial charge < -0.3 is 32.2 Å². The number of rotatable bonds is 39. The van der Waals surface area contributed by atoms with Crippen LogP contribution in [-0.2, 0) is 32.8 Å². The molecule has 0 rings (SSSR count). The fourth-order valence-electron chi connectivity index (χ4n) is 8.45. The lowest BCUT2D eigenvalue weighted by Crippen LogP contribution is -2.50. The van der Waals surface area contributed by atoms with Gasteiger partial charge in [-0.25, -0.2) is 18.7 Å². The summed E-state index contributed by atoms with van der Waals surface area (Å²) in [6.45, 7) is 53.4. The number of carbonyl (C=O) groups is 2. The number of ether oxygens (including phenoxy) is 3. The van der Waals surface area contributed by atoms with Crippen LogP contribution in [0, 0.1) is 0 Å². The Bertz CT molecular complexity index is 1100. The quantitative estimate of drug-likeness (QED) is 0.0253. The maximum atomic E-state index is 12.8. The van der Waals surface area contributed by atoms with Crippen molar-refractivity contribution in [3.05, 3.63) is 0 Å². The maximum Gasteiger partial charge on any atom is 0.245 e. The summed E-state index contributed by atoms with van der Waals surface area (Å²) >= 11 is 2.63. The van der Waals surface area contributed by atoms with Crippen LogP contribution in [0.25, 0.3) is 0 Å². The van der Waals surface area contributed by atoms with Gasteiger partial charge in [0.2, 0.25) is 10.2 Å². The zero-order valence-electron chi connectivity index (χ0n) is 44.9. The highest BCUT2D eigenvalue weighted by atomic mass is 32.2. The molecule has 0 bridgehead atoms. The third-order valence-electron chi connectivity index (χ3n) is 12.5. The predicted octanol–water partition coefficient (Wildman–Crippen LogP) is 10.9. The molecule has 0 amide bonds. The van der Waals surface area contributed by atoms with E-state index in [2.05, 4.69) is 157 Å². The first-order valence-corrected chi connectivity index (χ1v) is 29.1. The molecule has 0 aromatic carbocycles. The molecular formula is C47H102N6O7P2S2+2. The molecule has 0 saturated heterocycles. The highest BCUT2D eigenvalue weighted by Crippen LogP contribution is 2.53. The molecule has 0 spiro atoms. The lowest BCUT2D eigenvalue weighted by atomic mass is 10.1. The van der Waals surface area contributed by atoms with E-state index in [9.17, 15) is 9.59 Å². The lowest BCUT2D eigenvalue weighted by Gasteiger charge is -2.48. The summed E-state index contributed by atoms with van der Waals surface area (Å²) in [6, 6.07) is 2.15. The second kappa shape index (κ2) is 34.7. The lowest BCUT2D eigenvalue weighted by molar-refractivity contribution is -0.915. The number of nitrogens with zero attached hydrogens (tertiary/aromatic N) is 6. The van der Waals surface area contributed by atoms with Crippen molar-refractivity contribution in [1.29, 1.82) is 0 Å². The number of carbonyl (C=O) groups excluding carboxylic acids is 2. The summed E-state index contributed by atoms with van der Waals surface area (Å²) in [7, 11) is -2.28. The minimum Gasteiger partial charge on any atom is -0.378 e. The third kappa shape index (κ3) is 22.9. The molecule has 4 unspecified atom stereocenters. The van der Waals surface area contributed by atoms with Gasteiger partial charge in [-0.2, -0.15) is 0 Å². The van der Waals surface area contributed by atoms with Crippen LogP contribution in [0.3, 0.4) is 0 Å². The summed E-state index contributed by atoms with van der Waals surface area (Å²) in [5.74, 6) is 0.930. The summed E-state index contributed by atoms with van der Waals surface area (Å²) in [6.07, 6.45) is 1.98. The summed E-state index contributed by atoms with van der Waals surface area (Å²) in [4.78, 5) is 25.5. The highest BCUT2D eigenvalue weighted by molar-refractivity contribution is 8.13. The predicted molar refractivity (Wildman–Crippen MR) is 278 cm³/mol. The Kier molecular flexibility index (Phi) is 35.0. The number of hydrogen-bond donors (Lipinski definition) is 0. The molecule has 382 valence electrons. The standard InChI is InChI=1S/C47H102N6O7P2S2/c1-21-52(22-2,23-3)33-46(54)63-32-31-56-29-30-59-61(48(38(7)8)39(9)10)50(42(15)16)44(19)27-28-45(20)51(43(17)18)62(49(40(11)12)41(13)14)60-36-57-35-58-37-64-47(55)34-53(24-4,25-5)26-6/h38-45H,21-37H2,1-20H3/q+2. The van der Waals surface area contributed by atoms with Crippen molar-refractivity contribution in [3.63, 3.8) is 0 Å². The molecular weight excluding hydrogens is 887 g/mol. The van der Waals surface area contributed by atoms with E-state index >= 15 is 0 Å². The molecule has 0 aromatic heterocycles. The van der Waals surface area contributed by atoms with Crippen molar-refractivity contribution in [2.75, 3.05) is 97.5 Å². The van der Waals surface area contributed by atoms with Gasteiger partial charge in [0, 0.05) is 54.1 Å². The van der Waals surface area contributed by atoms with Gasteiger partial charge in [-0.05, 0) is 151 Å². The topological polar surface area (TPSA) is 93.3 Å². The molecule has 13 nitrogen and oxygen atoms in total. The Morgan fingerprint density at radius 2 is 0.828 bits per heavy atom. The van der Waals surface area contributed by atoms with Crippen LogP contribution in [0.2, 0.25) is 0 Å². The number of likely N-dealkylation sites (N-methyl/N-ethyl adjacent to an activating group) is 2. The van der Waals surface area contributed by atoms with Crippen LogP contribution in [0.1, 0.15) is 151 Å². The van der Waals surface area contributed by atoms with Gasteiger partial charge in [-0.1, -0.05) is 23.5 Å². The maximum absolute atomic E-state index is 12.8. The molecule has 0 heterocycles. The molecule has 0 aliphatic rings. The fraction of sp³-hybridized carbons (Fsp3) is 0.957. The van der Waals surface area contributed by atoms with E-state index in [-0.39, 0.29) is 66.0 Å². The zero-order valence-corrected chi connectivity index (χ0v) is 48.3. The molecule has 0 radical (unpaired) electrons. The van der Waals surface area contributed by atoms with Crippen LogP contribution >= 0.6 is 40.4 Å². The van der Waals surface area contributed by atoms with E-state index in [0.29, 0.717) is 50.7 Å². The smallest absolute Gasteiger partial charge is 0.245 e. The Balaban J connectivity index is 5.83. The van der Waals surface area contributed by atoms with Gasteiger partial charge >= 0.3 is 0 Å². The molecule has 17 heteroatoms. The summed E-state index contributed by atoms with van der Waals surface area (Å²) in [5.41, 5.74) is 0. The van der Waals surface area contributed by atoms with Crippen molar-refractivity contribution in [3.8, 4) is 0 Å². The Labute approximate surface area is 406 Å². The average Bonchev–Trinajstić information content (AvgIpc) is 3.22. The van der Waals surface area contributed by atoms with Crippen molar-refractivity contribution >= 4 is 50.7 Å². The first-order valence-electron chi connectivity index (χ1n) is 24.8. The second-order valence-electron chi connectivity index (χ2n) is 18.8. The van der Waals surface area contributed by atoms with Gasteiger partial charge in [-0.3, -0.25) is 9.59 Å². The molecule has 0 N–H and O–H groups in total. The normalized spacial score (nSPS) is 15.2. The van der Waals surface area contributed by atoms with Gasteiger partial charge in [0.15, 0.2) is 30.5 Å². The van der Waals surface area contributed by atoms with E-state index in [4.69, 9.17) is 23.3 Å². The van der Waals surface area contributed by atoms with Crippen molar-refractivity contribution in [2.24, 2.45) is 0 Å². The molecule has 4 atom stereocenters.